The highest BCUT2D eigenvalue weighted by Gasteiger charge is 2.25. The normalized spacial score (nSPS) is 11.7. The SMILES string of the molecule is COc1ccc(C)c(F)c1NS(=O)(=O)c1nc2ncc(C)cn2n1. The number of methoxy groups -OCH3 is 1. The van der Waals surface area contributed by atoms with Gasteiger partial charge in [-0.15, -0.1) is 5.10 Å². The highest BCUT2D eigenvalue weighted by Crippen LogP contribution is 2.31. The van der Waals surface area contributed by atoms with Gasteiger partial charge in [0.05, 0.1) is 7.11 Å². The third kappa shape index (κ3) is 2.75. The molecule has 0 aliphatic carbocycles. The Bertz CT molecular complexity index is 1030. The van der Waals surface area contributed by atoms with E-state index < -0.39 is 21.0 Å². The first kappa shape index (κ1) is 16.1. The molecule has 0 aliphatic heterocycles. The molecule has 1 N–H and O–H groups in total. The molecule has 2 aromatic heterocycles. The number of rotatable bonds is 4. The van der Waals surface area contributed by atoms with Crippen molar-refractivity contribution in [2.24, 2.45) is 0 Å². The van der Waals surface area contributed by atoms with Crippen molar-refractivity contribution in [1.82, 2.24) is 19.6 Å². The summed E-state index contributed by atoms with van der Waals surface area (Å²) < 4.78 is 47.7. The molecule has 1 aromatic carbocycles. The summed E-state index contributed by atoms with van der Waals surface area (Å²) >= 11 is 0. The highest BCUT2D eigenvalue weighted by atomic mass is 32.2. The van der Waals surface area contributed by atoms with Crippen LogP contribution in [0.4, 0.5) is 10.1 Å². The zero-order valence-corrected chi connectivity index (χ0v) is 13.9. The lowest BCUT2D eigenvalue weighted by molar-refractivity contribution is 0.413. The Morgan fingerprint density at radius 1 is 1.29 bits per heavy atom. The molecule has 0 saturated carbocycles. The molecule has 24 heavy (non-hydrogen) atoms. The van der Waals surface area contributed by atoms with Crippen molar-refractivity contribution in [3.63, 3.8) is 0 Å². The lowest BCUT2D eigenvalue weighted by Crippen LogP contribution is -2.16. The Labute approximate surface area is 137 Å². The van der Waals surface area contributed by atoms with Gasteiger partial charge in [0.15, 0.2) is 5.82 Å². The third-order valence-corrected chi connectivity index (χ3v) is 4.42. The predicted octanol–water partition coefficient (Wildman–Crippen LogP) is 1.69. The average Bonchev–Trinajstić information content (AvgIpc) is 2.96. The molecule has 0 amide bonds. The quantitative estimate of drug-likeness (QED) is 0.768. The van der Waals surface area contributed by atoms with E-state index in [0.717, 1.165) is 5.56 Å². The first-order chi connectivity index (χ1) is 11.3. The average molecular weight is 351 g/mol. The number of benzene rings is 1. The minimum Gasteiger partial charge on any atom is -0.494 e. The zero-order valence-electron chi connectivity index (χ0n) is 13.1. The first-order valence-corrected chi connectivity index (χ1v) is 8.35. The van der Waals surface area contributed by atoms with E-state index in [1.807, 2.05) is 0 Å². The number of hydrogen-bond donors (Lipinski definition) is 1. The largest absolute Gasteiger partial charge is 0.494 e. The molecule has 0 aliphatic rings. The number of ether oxygens (including phenoxy) is 1. The van der Waals surface area contributed by atoms with Gasteiger partial charge in [0, 0.05) is 12.4 Å². The number of aryl methyl sites for hydroxylation is 2. The van der Waals surface area contributed by atoms with Gasteiger partial charge in [-0.05, 0) is 31.0 Å². The van der Waals surface area contributed by atoms with E-state index in [2.05, 4.69) is 19.8 Å². The molecule has 0 bridgehead atoms. The fourth-order valence-corrected chi connectivity index (χ4v) is 3.03. The predicted molar refractivity (Wildman–Crippen MR) is 84.0 cm³/mol. The van der Waals surface area contributed by atoms with Crippen molar-refractivity contribution in [2.75, 3.05) is 11.8 Å². The standard InChI is InChI=1S/C14H14FN5O3S/c1-8-6-16-13-17-14(18-20(13)7-8)24(21,22)19-12-10(23-3)5-4-9(2)11(12)15/h4-7,19H,1-3H3. The van der Waals surface area contributed by atoms with Crippen molar-refractivity contribution in [1.29, 1.82) is 0 Å². The highest BCUT2D eigenvalue weighted by molar-refractivity contribution is 7.92. The minimum absolute atomic E-state index is 0.0550. The molecule has 0 saturated heterocycles. The van der Waals surface area contributed by atoms with Gasteiger partial charge in [0.1, 0.15) is 11.4 Å². The Morgan fingerprint density at radius 3 is 2.75 bits per heavy atom. The Morgan fingerprint density at radius 2 is 2.04 bits per heavy atom. The van der Waals surface area contributed by atoms with Crippen LogP contribution in [0.15, 0.2) is 29.7 Å². The maximum absolute atomic E-state index is 14.3. The lowest BCUT2D eigenvalue weighted by Gasteiger charge is -2.12. The molecule has 10 heteroatoms. The fraction of sp³-hybridized carbons (Fsp3) is 0.214. The Balaban J connectivity index is 2.06. The number of aromatic nitrogens is 4. The van der Waals surface area contributed by atoms with Gasteiger partial charge in [0.2, 0.25) is 0 Å². The summed E-state index contributed by atoms with van der Waals surface area (Å²) in [5.41, 5.74) is 0.768. The van der Waals surface area contributed by atoms with E-state index in [1.54, 1.807) is 13.1 Å². The van der Waals surface area contributed by atoms with E-state index in [4.69, 9.17) is 4.74 Å². The van der Waals surface area contributed by atoms with Gasteiger partial charge < -0.3 is 4.74 Å². The van der Waals surface area contributed by atoms with Crippen molar-refractivity contribution in [3.8, 4) is 5.75 Å². The lowest BCUT2D eigenvalue weighted by atomic mass is 10.2. The summed E-state index contributed by atoms with van der Waals surface area (Å²) in [6, 6.07) is 2.96. The van der Waals surface area contributed by atoms with Crippen LogP contribution in [0.25, 0.3) is 5.78 Å². The summed E-state index contributed by atoms with van der Waals surface area (Å²) in [7, 11) is -2.90. The molecule has 3 aromatic rings. The molecular weight excluding hydrogens is 337 g/mol. The van der Waals surface area contributed by atoms with E-state index in [1.165, 1.54) is 36.9 Å². The van der Waals surface area contributed by atoms with Crippen LogP contribution in [0.3, 0.4) is 0 Å². The summed E-state index contributed by atoms with van der Waals surface area (Å²) in [6.07, 6.45) is 3.12. The molecule has 0 unspecified atom stereocenters. The van der Waals surface area contributed by atoms with Crippen molar-refractivity contribution < 1.29 is 17.5 Å². The maximum atomic E-state index is 14.3. The first-order valence-electron chi connectivity index (χ1n) is 6.87. The van der Waals surface area contributed by atoms with Gasteiger partial charge in [-0.1, -0.05) is 6.07 Å². The van der Waals surface area contributed by atoms with Crippen LogP contribution in [0.2, 0.25) is 0 Å². The van der Waals surface area contributed by atoms with Crippen LogP contribution in [-0.4, -0.2) is 35.1 Å². The molecule has 0 radical (unpaired) electrons. The van der Waals surface area contributed by atoms with Gasteiger partial charge in [-0.25, -0.2) is 13.9 Å². The van der Waals surface area contributed by atoms with Crippen molar-refractivity contribution in [3.05, 3.63) is 41.5 Å². The van der Waals surface area contributed by atoms with Crippen LogP contribution in [0.1, 0.15) is 11.1 Å². The number of fused-ring (bicyclic) bond motifs is 1. The second-order valence-electron chi connectivity index (χ2n) is 5.15. The second kappa shape index (κ2) is 5.71. The van der Waals surface area contributed by atoms with E-state index in [9.17, 15) is 12.8 Å². The van der Waals surface area contributed by atoms with Crippen LogP contribution >= 0.6 is 0 Å². The van der Waals surface area contributed by atoms with Crippen LogP contribution in [0.5, 0.6) is 5.75 Å². The molecular formula is C14H14FN5O3S. The summed E-state index contributed by atoms with van der Waals surface area (Å²) in [6.45, 7) is 3.30. The van der Waals surface area contributed by atoms with Gasteiger partial charge >= 0.3 is 0 Å². The minimum atomic E-state index is -4.21. The summed E-state index contributed by atoms with van der Waals surface area (Å²) in [4.78, 5) is 7.84. The summed E-state index contributed by atoms with van der Waals surface area (Å²) in [5.74, 6) is -0.548. The number of hydrogen-bond acceptors (Lipinski definition) is 6. The molecule has 126 valence electrons. The maximum Gasteiger partial charge on any atom is 0.299 e. The number of nitrogens with zero attached hydrogens (tertiary/aromatic N) is 4. The molecule has 2 heterocycles. The van der Waals surface area contributed by atoms with Crippen LogP contribution in [0, 0.1) is 19.7 Å². The van der Waals surface area contributed by atoms with Crippen LogP contribution in [-0.2, 0) is 10.0 Å². The number of halogens is 1. The molecule has 0 fully saturated rings. The molecule has 0 atom stereocenters. The molecule has 8 nitrogen and oxygen atoms in total. The van der Waals surface area contributed by atoms with E-state index in [0.29, 0.717) is 0 Å². The monoisotopic (exact) mass is 351 g/mol. The fourth-order valence-electron chi connectivity index (χ4n) is 2.08. The number of sulfonamides is 1. The van der Waals surface area contributed by atoms with Gasteiger partial charge in [-0.3, -0.25) is 4.72 Å². The zero-order chi connectivity index (χ0) is 17.5. The van der Waals surface area contributed by atoms with E-state index >= 15 is 0 Å². The van der Waals surface area contributed by atoms with Gasteiger partial charge in [0.25, 0.3) is 21.0 Å². The second-order valence-corrected chi connectivity index (χ2v) is 6.73. The van der Waals surface area contributed by atoms with Crippen molar-refractivity contribution >= 4 is 21.5 Å². The molecule has 0 spiro atoms. The number of anilines is 1. The Kier molecular flexibility index (Phi) is 3.84. The smallest absolute Gasteiger partial charge is 0.299 e. The molecule has 3 rings (SSSR count). The van der Waals surface area contributed by atoms with Gasteiger partial charge in [-0.2, -0.15) is 13.4 Å². The third-order valence-electron chi connectivity index (χ3n) is 3.30. The number of nitrogens with one attached hydrogen (secondary N) is 1. The van der Waals surface area contributed by atoms with Crippen LogP contribution < -0.4 is 9.46 Å². The van der Waals surface area contributed by atoms with Crippen molar-refractivity contribution in [2.45, 2.75) is 19.0 Å². The summed E-state index contributed by atoms with van der Waals surface area (Å²) in [5, 5.41) is 3.37. The Hall–Kier alpha value is -2.75. The van der Waals surface area contributed by atoms with E-state index in [-0.39, 0.29) is 22.8 Å². The topological polar surface area (TPSA) is 98.5 Å².